The van der Waals surface area contributed by atoms with E-state index in [1.54, 1.807) is 15.5 Å². The maximum absolute atomic E-state index is 12.1. The van der Waals surface area contributed by atoms with Gasteiger partial charge in [0.1, 0.15) is 0 Å². The van der Waals surface area contributed by atoms with Crippen LogP contribution in [0.3, 0.4) is 0 Å². The molecule has 0 saturated carbocycles. The van der Waals surface area contributed by atoms with Gasteiger partial charge in [0.05, 0.1) is 0 Å². The lowest BCUT2D eigenvalue weighted by Gasteiger charge is -2.22. The lowest BCUT2D eigenvalue weighted by molar-refractivity contribution is -0.173. The molecule has 0 aromatic heterocycles. The summed E-state index contributed by atoms with van der Waals surface area (Å²) in [4.78, 5) is 66.7. The third-order valence-corrected chi connectivity index (χ3v) is 5.12. The number of halogens is 12. The first-order chi connectivity index (χ1) is 25.2. The van der Waals surface area contributed by atoms with E-state index in [4.69, 9.17) is 0 Å². The van der Waals surface area contributed by atoms with Gasteiger partial charge in [-0.15, -0.1) is 0 Å². The maximum atomic E-state index is 12.1. The molecule has 0 aromatic carbocycles. The molecular weight excluding hydrogens is 784 g/mol. The van der Waals surface area contributed by atoms with Crippen molar-refractivity contribution in [3.8, 4) is 0 Å². The zero-order valence-electron chi connectivity index (χ0n) is 31.0. The van der Waals surface area contributed by atoms with Crippen molar-refractivity contribution in [1.29, 1.82) is 0 Å². The van der Waals surface area contributed by atoms with E-state index in [0.717, 1.165) is 6.42 Å². The van der Waals surface area contributed by atoms with E-state index < -0.39 is 36.5 Å². The average Bonchev–Trinajstić information content (AvgIpc) is 3.04. The molecule has 0 rings (SSSR count). The fraction of sp³-hybridized carbons (Fsp3) is 0.793. The van der Waals surface area contributed by atoms with Gasteiger partial charge in [0.15, 0.2) is 0 Å². The van der Waals surface area contributed by atoms with Gasteiger partial charge in [-0.25, -0.2) is 0 Å². The molecule has 0 unspecified atom stereocenters. The van der Waals surface area contributed by atoms with Crippen LogP contribution in [0, 0.1) is 0 Å². The van der Waals surface area contributed by atoms with Crippen molar-refractivity contribution in [2.45, 2.75) is 72.2 Å². The van der Waals surface area contributed by atoms with Crippen LogP contribution in [0.15, 0.2) is 0 Å². The minimum absolute atomic E-state index is 0.0700. The summed E-state index contributed by atoms with van der Waals surface area (Å²) in [6.45, 7) is 9.39. The summed E-state index contributed by atoms with van der Waals surface area (Å²) in [5.74, 6) is -4.25. The highest BCUT2D eigenvalue weighted by Gasteiger charge is 2.39. The van der Waals surface area contributed by atoms with Crippen molar-refractivity contribution >= 4 is 37.0 Å². The molecule has 0 heterocycles. The molecule has 26 heteroatoms. The number of alkyl halides is 12. The van der Waals surface area contributed by atoms with E-state index in [2.05, 4.69) is 21.3 Å². The first-order valence-corrected chi connectivity index (χ1v) is 16.3. The molecule has 0 radical (unpaired) electrons. The lowest BCUT2D eigenvalue weighted by atomic mass is 10.3. The molecule has 6 amide bonds. The number of nitrogens with one attached hydrogen (secondary N) is 6. The zero-order valence-corrected chi connectivity index (χ0v) is 31.0. The quantitative estimate of drug-likeness (QED) is 0.0516. The first-order valence-electron chi connectivity index (χ1n) is 16.3. The Morgan fingerprint density at radius 1 is 0.491 bits per heavy atom. The van der Waals surface area contributed by atoms with Gasteiger partial charge in [-0.1, -0.05) is 20.8 Å². The fourth-order valence-electron chi connectivity index (χ4n) is 3.09. The van der Waals surface area contributed by atoms with Gasteiger partial charge in [-0.2, -0.15) is 52.7 Å². The number of hydrogen-bond acceptors (Lipinski definition) is 8. The van der Waals surface area contributed by atoms with Crippen molar-refractivity contribution in [3.63, 3.8) is 0 Å². The first kappa shape index (κ1) is 60.2. The van der Waals surface area contributed by atoms with E-state index in [9.17, 15) is 81.5 Å². The topological polar surface area (TPSA) is 181 Å². The van der Waals surface area contributed by atoms with Crippen LogP contribution in [-0.2, 0) is 28.8 Å². The van der Waals surface area contributed by atoms with Gasteiger partial charge in [-0.05, 0) is 13.0 Å². The van der Waals surface area contributed by atoms with Gasteiger partial charge < -0.3 is 31.9 Å². The monoisotopic (exact) mass is 836 g/mol. The molecule has 0 fully saturated rings. The van der Waals surface area contributed by atoms with Crippen LogP contribution in [-0.4, -0.2) is 150 Å². The lowest BCUT2D eigenvalue weighted by Crippen LogP contribution is -2.43. The molecule has 0 aromatic rings. The standard InChI is InChI=1S/C13H22F3N5O4.C10H18F3N3O2.2C2H3F3.C2H6/c14-13(15,16)12(25)20-5-8-21(7-4-18-10-23)6-1-11(24)19-3-2-17-9-22;1-2-5-16(6-3-14-8-17)7-4-15-9(18)10(11,12)13;2*1-2(3,4)5;1-2/h9-10H,1-8H2,(H,17,22)(H,18,23)(H,19,24)(H,20,25);8H,2-7H2,1H3,(H,14,17)(H,15,18);2*1H3;1-2H3. The van der Waals surface area contributed by atoms with E-state index in [1.165, 1.54) is 0 Å². The van der Waals surface area contributed by atoms with Gasteiger partial charge in [-0.3, -0.25) is 38.6 Å². The Morgan fingerprint density at radius 2 is 0.800 bits per heavy atom. The maximum Gasteiger partial charge on any atom is 0.471 e. The Bertz CT molecular complexity index is 980. The highest BCUT2D eigenvalue weighted by molar-refractivity contribution is 5.82. The second-order valence-corrected chi connectivity index (χ2v) is 10.1. The molecule has 0 spiro atoms. The van der Waals surface area contributed by atoms with E-state index in [-0.39, 0.29) is 72.0 Å². The van der Waals surface area contributed by atoms with Crippen molar-refractivity contribution in [2.75, 3.05) is 78.5 Å². The molecule has 328 valence electrons. The van der Waals surface area contributed by atoms with Crippen molar-refractivity contribution in [2.24, 2.45) is 0 Å². The van der Waals surface area contributed by atoms with E-state index in [0.29, 0.717) is 52.0 Å². The minimum Gasteiger partial charge on any atom is -0.357 e. The van der Waals surface area contributed by atoms with Gasteiger partial charge >= 0.3 is 36.5 Å². The Morgan fingerprint density at radius 3 is 1.11 bits per heavy atom. The van der Waals surface area contributed by atoms with Crippen LogP contribution in [0.25, 0.3) is 0 Å². The highest BCUT2D eigenvalue weighted by atomic mass is 19.4. The summed E-state index contributed by atoms with van der Waals surface area (Å²) < 4.78 is 134. The second kappa shape index (κ2) is 35.6. The smallest absolute Gasteiger partial charge is 0.357 e. The fourth-order valence-corrected chi connectivity index (χ4v) is 3.09. The molecule has 0 bridgehead atoms. The summed E-state index contributed by atoms with van der Waals surface area (Å²) in [7, 11) is 0. The number of carbonyl (C=O) groups is 6. The number of rotatable bonds is 23. The van der Waals surface area contributed by atoms with E-state index >= 15 is 0 Å². The summed E-state index contributed by atoms with van der Waals surface area (Å²) in [6, 6.07) is 0. The van der Waals surface area contributed by atoms with Crippen LogP contribution in [0.4, 0.5) is 52.7 Å². The normalized spacial score (nSPS) is 11.0. The Labute approximate surface area is 311 Å². The molecule has 0 atom stereocenters. The molecule has 6 N–H and O–H groups in total. The predicted octanol–water partition coefficient (Wildman–Crippen LogP) is 2.25. The molecular formula is C29H52F12N8O6. The Kier molecular flexibility index (Phi) is 38.9. The van der Waals surface area contributed by atoms with Crippen LogP contribution in [0.5, 0.6) is 0 Å². The third-order valence-electron chi connectivity index (χ3n) is 5.12. The minimum atomic E-state index is -4.95. The predicted molar refractivity (Wildman–Crippen MR) is 176 cm³/mol. The second-order valence-electron chi connectivity index (χ2n) is 10.1. The van der Waals surface area contributed by atoms with Crippen molar-refractivity contribution in [3.05, 3.63) is 0 Å². The van der Waals surface area contributed by atoms with Gasteiger partial charge in [0.2, 0.25) is 25.1 Å². The zero-order chi connectivity index (χ0) is 44.2. The number of amides is 6. The summed E-state index contributed by atoms with van der Waals surface area (Å²) in [6.07, 6.45) is -15.3. The van der Waals surface area contributed by atoms with E-state index in [1.807, 2.05) is 25.7 Å². The molecule has 14 nitrogen and oxygen atoms in total. The Balaban J connectivity index is -0.000000240. The average molecular weight is 837 g/mol. The van der Waals surface area contributed by atoms with Crippen LogP contribution in [0.1, 0.15) is 47.5 Å². The highest BCUT2D eigenvalue weighted by Crippen LogP contribution is 2.14. The van der Waals surface area contributed by atoms with Crippen molar-refractivity contribution in [1.82, 2.24) is 41.7 Å². The molecule has 0 aliphatic heterocycles. The summed E-state index contributed by atoms with van der Waals surface area (Å²) in [5.41, 5.74) is 0. The van der Waals surface area contributed by atoms with Crippen LogP contribution >= 0.6 is 0 Å². The van der Waals surface area contributed by atoms with Gasteiger partial charge in [0, 0.05) is 92.3 Å². The molecule has 0 aliphatic rings. The summed E-state index contributed by atoms with van der Waals surface area (Å²) in [5, 5.41) is 13.4. The number of carbonyl (C=O) groups excluding carboxylic acids is 6. The SMILES string of the molecule is CC.CC(F)(F)F.CC(F)(F)F.CCCN(CCNC=O)CCNC(=O)C(F)(F)F.O=CNCCNC(=O)CCN(CCNC=O)CCNC(=O)C(F)(F)F. The number of hydrogen-bond donors (Lipinski definition) is 6. The molecule has 0 saturated heterocycles. The van der Waals surface area contributed by atoms with Crippen LogP contribution in [0.2, 0.25) is 0 Å². The largest absolute Gasteiger partial charge is 0.471 e. The van der Waals surface area contributed by atoms with Crippen LogP contribution < -0.4 is 31.9 Å². The van der Waals surface area contributed by atoms with Gasteiger partial charge in [0.25, 0.3) is 0 Å². The summed E-state index contributed by atoms with van der Waals surface area (Å²) >= 11 is 0. The van der Waals surface area contributed by atoms with Crippen molar-refractivity contribution < 1.29 is 81.5 Å². The molecule has 0 aliphatic carbocycles. The molecule has 55 heavy (non-hydrogen) atoms. The Hall–Kier alpha value is -4.10. The third kappa shape index (κ3) is 59.4. The number of nitrogens with zero attached hydrogens (tertiary/aromatic N) is 2.